The second-order valence-electron chi connectivity index (χ2n) is 4.81. The highest BCUT2D eigenvalue weighted by molar-refractivity contribution is 5.46. The minimum Gasteiger partial charge on any atom is -0.368 e. The molecule has 0 aliphatic carbocycles. The van der Waals surface area contributed by atoms with E-state index in [1.165, 1.54) is 6.07 Å². The van der Waals surface area contributed by atoms with Gasteiger partial charge in [-0.3, -0.25) is 0 Å². The van der Waals surface area contributed by atoms with E-state index in [9.17, 15) is 10.1 Å². The summed E-state index contributed by atoms with van der Waals surface area (Å²) in [5.41, 5.74) is 0.970. The van der Waals surface area contributed by atoms with E-state index in [2.05, 4.69) is 28.9 Å². The number of anilines is 1. The van der Waals surface area contributed by atoms with Gasteiger partial charge in [0.1, 0.15) is 0 Å². The van der Waals surface area contributed by atoms with Gasteiger partial charge in [0.2, 0.25) is 0 Å². The van der Waals surface area contributed by atoms with Crippen molar-refractivity contribution in [1.82, 2.24) is 9.88 Å². The van der Waals surface area contributed by atoms with Gasteiger partial charge in [0.25, 0.3) is 0 Å². The van der Waals surface area contributed by atoms with Crippen molar-refractivity contribution in [1.29, 1.82) is 0 Å². The normalized spacial score (nSPS) is 17.2. The molecule has 1 fully saturated rings. The molecule has 98 valence electrons. The Balaban J connectivity index is 1.99. The molecule has 0 atom stereocenters. The van der Waals surface area contributed by atoms with Gasteiger partial charge in [-0.05, 0) is 42.9 Å². The number of hydrogen-bond acceptors (Lipinski definition) is 5. The highest BCUT2D eigenvalue weighted by Gasteiger charge is 2.21. The average molecular weight is 250 g/mol. The summed E-state index contributed by atoms with van der Waals surface area (Å²) in [6, 6.07) is 3.88. The Morgan fingerprint density at radius 2 is 2.06 bits per heavy atom. The predicted octanol–water partition coefficient (Wildman–Crippen LogP) is 1.52. The maximum atomic E-state index is 10.5. The van der Waals surface area contributed by atoms with Crippen molar-refractivity contribution in [2.24, 2.45) is 0 Å². The smallest absolute Gasteiger partial charge is 0.363 e. The van der Waals surface area contributed by atoms with Gasteiger partial charge in [-0.25, -0.2) is 0 Å². The van der Waals surface area contributed by atoms with Crippen LogP contribution >= 0.6 is 0 Å². The molecule has 6 heteroatoms. The molecule has 6 nitrogen and oxygen atoms in total. The molecule has 0 spiro atoms. The summed E-state index contributed by atoms with van der Waals surface area (Å²) >= 11 is 0. The maximum absolute atomic E-state index is 10.5. The molecule has 0 bridgehead atoms. The molecule has 0 radical (unpaired) electrons. The average Bonchev–Trinajstić information content (AvgIpc) is 2.39. The van der Waals surface area contributed by atoms with Gasteiger partial charge in [0.05, 0.1) is 5.69 Å². The van der Waals surface area contributed by atoms with Crippen LogP contribution in [0.2, 0.25) is 0 Å². The van der Waals surface area contributed by atoms with Crippen molar-refractivity contribution in [3.8, 4) is 0 Å². The third kappa shape index (κ3) is 2.76. The van der Waals surface area contributed by atoms with Crippen LogP contribution in [-0.2, 0) is 0 Å². The lowest BCUT2D eigenvalue weighted by Gasteiger charge is -2.35. The molecular weight excluding hydrogens is 232 g/mol. The van der Waals surface area contributed by atoms with Gasteiger partial charge in [0, 0.05) is 25.2 Å². The molecular formula is C12H18N4O2. The first-order chi connectivity index (χ1) is 8.58. The molecule has 1 aliphatic heterocycles. The Morgan fingerprint density at radius 1 is 1.39 bits per heavy atom. The second kappa shape index (κ2) is 5.30. The molecule has 0 N–H and O–H groups in total. The fourth-order valence-corrected chi connectivity index (χ4v) is 2.31. The number of nitrogens with zero attached hydrogens (tertiary/aromatic N) is 4. The summed E-state index contributed by atoms with van der Waals surface area (Å²) < 4.78 is 0. The van der Waals surface area contributed by atoms with Gasteiger partial charge in [-0.1, -0.05) is 0 Å². The summed E-state index contributed by atoms with van der Waals surface area (Å²) in [6.45, 7) is 1.95. The van der Waals surface area contributed by atoms with Crippen LogP contribution in [0.4, 0.5) is 11.5 Å². The van der Waals surface area contributed by atoms with Crippen LogP contribution in [0.1, 0.15) is 12.8 Å². The van der Waals surface area contributed by atoms with Crippen LogP contribution in [0.5, 0.6) is 0 Å². The molecule has 1 aromatic heterocycles. The van der Waals surface area contributed by atoms with Crippen molar-refractivity contribution in [3.05, 3.63) is 28.4 Å². The van der Waals surface area contributed by atoms with Crippen molar-refractivity contribution in [3.63, 3.8) is 0 Å². The molecule has 0 unspecified atom stereocenters. The third-order valence-electron chi connectivity index (χ3n) is 3.48. The quantitative estimate of drug-likeness (QED) is 0.601. The van der Waals surface area contributed by atoms with Crippen molar-refractivity contribution < 1.29 is 4.92 Å². The first kappa shape index (κ1) is 12.8. The van der Waals surface area contributed by atoms with E-state index in [1.807, 2.05) is 0 Å². The molecule has 0 aromatic carbocycles. The largest absolute Gasteiger partial charge is 0.368 e. The third-order valence-corrected chi connectivity index (χ3v) is 3.48. The number of nitro groups is 1. The zero-order valence-electron chi connectivity index (χ0n) is 10.7. The van der Waals surface area contributed by atoms with E-state index in [4.69, 9.17) is 0 Å². The minimum atomic E-state index is -0.470. The van der Waals surface area contributed by atoms with Crippen molar-refractivity contribution in [2.45, 2.75) is 18.9 Å². The van der Waals surface area contributed by atoms with Gasteiger partial charge >= 0.3 is 5.82 Å². The summed E-state index contributed by atoms with van der Waals surface area (Å²) in [7, 11) is 4.21. The Bertz CT molecular complexity index is 411. The molecule has 1 aromatic rings. The van der Waals surface area contributed by atoms with Crippen molar-refractivity contribution >= 4 is 11.5 Å². The SMILES string of the molecule is CN(C)C1CCN(c2ccc([N+](=O)[O-])nc2)CC1. The topological polar surface area (TPSA) is 62.5 Å². The summed E-state index contributed by atoms with van der Waals surface area (Å²) in [5.74, 6) is -0.0954. The lowest BCUT2D eigenvalue weighted by Crippen LogP contribution is -2.42. The van der Waals surface area contributed by atoms with E-state index in [0.717, 1.165) is 31.6 Å². The standard InChI is InChI=1S/C12H18N4O2/c1-14(2)10-5-7-15(8-6-10)11-3-4-12(13-9-11)16(17)18/h3-4,9-10H,5-8H2,1-2H3. The Morgan fingerprint density at radius 3 is 2.50 bits per heavy atom. The Hall–Kier alpha value is -1.69. The zero-order chi connectivity index (χ0) is 13.1. The molecule has 1 aliphatic rings. The van der Waals surface area contributed by atoms with Crippen molar-refractivity contribution in [2.75, 3.05) is 32.1 Å². The lowest BCUT2D eigenvalue weighted by molar-refractivity contribution is -0.389. The molecule has 1 saturated heterocycles. The van der Waals surface area contributed by atoms with E-state index in [0.29, 0.717) is 6.04 Å². The van der Waals surface area contributed by atoms with Crippen LogP contribution < -0.4 is 4.90 Å². The molecule has 0 amide bonds. The summed E-state index contributed by atoms with van der Waals surface area (Å²) in [5, 5.41) is 10.5. The summed E-state index contributed by atoms with van der Waals surface area (Å²) in [6.07, 6.45) is 3.82. The molecule has 2 heterocycles. The first-order valence-electron chi connectivity index (χ1n) is 6.10. The predicted molar refractivity (Wildman–Crippen MR) is 69.8 cm³/mol. The van der Waals surface area contributed by atoms with E-state index in [-0.39, 0.29) is 5.82 Å². The van der Waals surface area contributed by atoms with Crippen LogP contribution in [0.3, 0.4) is 0 Å². The highest BCUT2D eigenvalue weighted by atomic mass is 16.6. The van der Waals surface area contributed by atoms with E-state index in [1.54, 1.807) is 12.3 Å². The Kier molecular flexibility index (Phi) is 3.76. The number of rotatable bonds is 3. The first-order valence-corrected chi connectivity index (χ1v) is 6.10. The van der Waals surface area contributed by atoms with Crippen LogP contribution in [0.15, 0.2) is 18.3 Å². The Labute approximate surface area is 106 Å². The lowest BCUT2D eigenvalue weighted by atomic mass is 10.0. The van der Waals surface area contributed by atoms with Gasteiger partial charge in [-0.15, -0.1) is 0 Å². The van der Waals surface area contributed by atoms with E-state index < -0.39 is 4.92 Å². The number of piperidine rings is 1. The minimum absolute atomic E-state index is 0.0954. The number of pyridine rings is 1. The fraction of sp³-hybridized carbons (Fsp3) is 0.583. The maximum Gasteiger partial charge on any atom is 0.363 e. The van der Waals surface area contributed by atoms with Gasteiger partial charge < -0.3 is 19.9 Å². The second-order valence-corrected chi connectivity index (χ2v) is 4.81. The fourth-order valence-electron chi connectivity index (χ4n) is 2.31. The van der Waals surface area contributed by atoms with Gasteiger partial charge in [0.15, 0.2) is 6.20 Å². The van der Waals surface area contributed by atoms with Crippen LogP contribution in [0.25, 0.3) is 0 Å². The molecule has 2 rings (SSSR count). The van der Waals surface area contributed by atoms with Crippen LogP contribution in [-0.4, -0.2) is 48.0 Å². The van der Waals surface area contributed by atoms with E-state index >= 15 is 0 Å². The molecule has 18 heavy (non-hydrogen) atoms. The monoisotopic (exact) mass is 250 g/mol. The number of aromatic nitrogens is 1. The summed E-state index contributed by atoms with van der Waals surface area (Å²) in [4.78, 5) is 18.4. The highest BCUT2D eigenvalue weighted by Crippen LogP contribution is 2.22. The zero-order valence-corrected chi connectivity index (χ0v) is 10.7. The number of hydrogen-bond donors (Lipinski definition) is 0. The van der Waals surface area contributed by atoms with Crippen LogP contribution in [0, 0.1) is 10.1 Å². The van der Waals surface area contributed by atoms with Gasteiger partial charge in [-0.2, -0.15) is 0 Å². The molecule has 0 saturated carbocycles.